The number of fused-ring (bicyclic) bond motifs is 1. The lowest BCUT2D eigenvalue weighted by atomic mass is 9.99. The second kappa shape index (κ2) is 6.08. The Morgan fingerprint density at radius 3 is 2.65 bits per heavy atom. The summed E-state index contributed by atoms with van der Waals surface area (Å²) in [6, 6.07) is 2.39. The molecule has 0 amide bonds. The van der Waals surface area contributed by atoms with Gasteiger partial charge >= 0.3 is 6.36 Å². The van der Waals surface area contributed by atoms with Crippen LogP contribution in [-0.2, 0) is 0 Å². The number of aliphatic imine (C=N–C) groups is 1. The monoisotopic (exact) mass is 371 g/mol. The van der Waals surface area contributed by atoms with Crippen LogP contribution >= 0.6 is 0 Å². The molecule has 3 aliphatic rings. The molecule has 0 radical (unpaired) electrons. The number of nitrogens with zero attached hydrogens (tertiary/aromatic N) is 2. The van der Waals surface area contributed by atoms with Gasteiger partial charge in [-0.3, -0.25) is 5.01 Å². The molecule has 26 heavy (non-hydrogen) atoms. The molecule has 0 bridgehead atoms. The molecule has 2 heterocycles. The van der Waals surface area contributed by atoms with Crippen LogP contribution in [0.1, 0.15) is 24.6 Å². The Kier molecular flexibility index (Phi) is 3.98. The quantitative estimate of drug-likeness (QED) is 0.808. The van der Waals surface area contributed by atoms with Crippen molar-refractivity contribution < 1.29 is 26.7 Å². The molecule has 138 valence electrons. The minimum Gasteiger partial charge on any atom is -0.406 e. The normalized spacial score (nSPS) is 21.0. The lowest BCUT2D eigenvalue weighted by Crippen LogP contribution is -2.39. The number of allylic oxidation sites excluding steroid dienone is 3. The van der Waals surface area contributed by atoms with Crippen molar-refractivity contribution in [3.63, 3.8) is 0 Å². The van der Waals surface area contributed by atoms with Crippen LogP contribution in [0.25, 0.3) is 0 Å². The maximum atomic E-state index is 15.1. The first-order chi connectivity index (χ1) is 12.3. The molecule has 1 N–H and O–H groups in total. The molecular formula is C17H14F5N3O. The zero-order chi connectivity index (χ0) is 18.5. The van der Waals surface area contributed by atoms with Gasteiger partial charge < -0.3 is 4.74 Å². The highest BCUT2D eigenvalue weighted by Crippen LogP contribution is 2.42. The molecule has 0 saturated heterocycles. The average Bonchev–Trinajstić information content (AvgIpc) is 3.30. The summed E-state index contributed by atoms with van der Waals surface area (Å²) >= 11 is 0. The lowest BCUT2D eigenvalue weighted by Gasteiger charge is -2.28. The largest absolute Gasteiger partial charge is 0.573 e. The molecule has 9 heteroatoms. The van der Waals surface area contributed by atoms with Gasteiger partial charge in [0.2, 0.25) is 0 Å². The molecule has 4 rings (SSSR count). The summed E-state index contributed by atoms with van der Waals surface area (Å²) in [4.78, 5) is 4.23. The van der Waals surface area contributed by atoms with E-state index in [4.69, 9.17) is 0 Å². The first-order valence-corrected chi connectivity index (χ1v) is 8.02. The summed E-state index contributed by atoms with van der Waals surface area (Å²) in [6.45, 7) is 0.273. The molecule has 2 aliphatic heterocycles. The summed E-state index contributed by atoms with van der Waals surface area (Å²) in [5.41, 5.74) is 3.61. The number of alkyl halides is 4. The number of hydrogen-bond donors (Lipinski definition) is 1. The zero-order valence-corrected chi connectivity index (χ0v) is 13.4. The highest BCUT2D eigenvalue weighted by atomic mass is 19.4. The summed E-state index contributed by atoms with van der Waals surface area (Å²) in [6.07, 6.45) is -1.28. The van der Waals surface area contributed by atoms with E-state index in [0.717, 1.165) is 30.5 Å². The smallest absolute Gasteiger partial charge is 0.406 e. The lowest BCUT2D eigenvalue weighted by molar-refractivity contribution is -0.274. The maximum absolute atomic E-state index is 15.1. The average molecular weight is 371 g/mol. The van der Waals surface area contributed by atoms with E-state index >= 15 is 4.39 Å². The van der Waals surface area contributed by atoms with Gasteiger partial charge in [0.25, 0.3) is 0 Å². The van der Waals surface area contributed by atoms with E-state index in [-0.39, 0.29) is 17.9 Å². The van der Waals surface area contributed by atoms with E-state index in [1.807, 2.05) is 6.08 Å². The van der Waals surface area contributed by atoms with Crippen molar-refractivity contribution in [1.82, 2.24) is 10.4 Å². The molecular weight excluding hydrogens is 357 g/mol. The predicted octanol–water partition coefficient (Wildman–Crippen LogP) is 4.15. The van der Waals surface area contributed by atoms with Gasteiger partial charge in [0, 0.05) is 11.6 Å². The Morgan fingerprint density at radius 2 is 2.00 bits per heavy atom. The van der Waals surface area contributed by atoms with Crippen LogP contribution in [0.4, 0.5) is 22.0 Å². The highest BCUT2D eigenvalue weighted by molar-refractivity contribution is 5.97. The second-order valence-corrected chi connectivity index (χ2v) is 6.25. The van der Waals surface area contributed by atoms with Crippen molar-refractivity contribution in [2.24, 2.45) is 10.9 Å². The van der Waals surface area contributed by atoms with Gasteiger partial charge in [-0.15, -0.1) is 13.2 Å². The Morgan fingerprint density at radius 1 is 1.23 bits per heavy atom. The Hall–Kier alpha value is -2.42. The van der Waals surface area contributed by atoms with Gasteiger partial charge in [0.05, 0.1) is 5.70 Å². The highest BCUT2D eigenvalue weighted by Gasteiger charge is 2.36. The van der Waals surface area contributed by atoms with Gasteiger partial charge in [-0.05, 0) is 48.6 Å². The summed E-state index contributed by atoms with van der Waals surface area (Å²) in [7, 11) is 0. The Balaban J connectivity index is 1.63. The van der Waals surface area contributed by atoms with Crippen LogP contribution in [0.5, 0.6) is 5.75 Å². The Bertz CT molecular complexity index is 826. The van der Waals surface area contributed by atoms with Crippen LogP contribution in [-0.4, -0.2) is 23.9 Å². The molecule has 1 aromatic rings. The molecule has 1 saturated carbocycles. The first kappa shape index (κ1) is 17.0. The topological polar surface area (TPSA) is 36.9 Å². The van der Waals surface area contributed by atoms with Gasteiger partial charge in [-0.2, -0.15) is 0 Å². The SMILES string of the molecule is Fc1cc(OC(F)(F)F)ccc1C(F)C1=CC(C2CC2)=CC2=NCNN12. The van der Waals surface area contributed by atoms with Crippen molar-refractivity contribution in [3.05, 3.63) is 53.0 Å². The van der Waals surface area contributed by atoms with E-state index in [2.05, 4.69) is 15.2 Å². The standard InChI is InChI=1S/C17H14F5N3O/c18-13-7-11(26-17(20,21)22)3-4-12(13)16(19)14-5-10(9-1-2-9)6-15-23-8-24-25(14)15/h3-7,9,16,24H,1-2,8H2. The van der Waals surface area contributed by atoms with Gasteiger partial charge in [0.1, 0.15) is 24.1 Å². The minimum absolute atomic E-state index is 0.161. The van der Waals surface area contributed by atoms with Gasteiger partial charge in [0.15, 0.2) is 6.17 Å². The molecule has 1 unspecified atom stereocenters. The number of amidine groups is 1. The van der Waals surface area contributed by atoms with Gasteiger partial charge in [-0.25, -0.2) is 19.2 Å². The maximum Gasteiger partial charge on any atom is 0.573 e. The fourth-order valence-corrected chi connectivity index (χ4v) is 3.01. The molecule has 1 fully saturated rings. The van der Waals surface area contributed by atoms with E-state index in [0.29, 0.717) is 17.8 Å². The number of benzene rings is 1. The summed E-state index contributed by atoms with van der Waals surface area (Å²) < 4.78 is 69.7. The molecule has 4 nitrogen and oxygen atoms in total. The van der Waals surface area contributed by atoms with Crippen molar-refractivity contribution in [2.45, 2.75) is 25.4 Å². The van der Waals surface area contributed by atoms with E-state index < -0.39 is 24.1 Å². The fraction of sp³-hybridized carbons (Fsp3) is 0.353. The third-order valence-corrected chi connectivity index (χ3v) is 4.35. The number of halogens is 5. The number of hydrogen-bond acceptors (Lipinski definition) is 4. The first-order valence-electron chi connectivity index (χ1n) is 8.02. The van der Waals surface area contributed by atoms with Crippen LogP contribution in [0.3, 0.4) is 0 Å². The third kappa shape index (κ3) is 3.31. The zero-order valence-electron chi connectivity index (χ0n) is 13.4. The van der Waals surface area contributed by atoms with Crippen LogP contribution in [0.15, 0.2) is 46.6 Å². The van der Waals surface area contributed by atoms with Crippen molar-refractivity contribution in [3.8, 4) is 5.75 Å². The van der Waals surface area contributed by atoms with E-state index in [9.17, 15) is 17.6 Å². The predicted molar refractivity (Wildman–Crippen MR) is 83.1 cm³/mol. The van der Waals surface area contributed by atoms with Crippen molar-refractivity contribution >= 4 is 5.84 Å². The Labute approximate surface area is 145 Å². The molecule has 1 atom stereocenters. The van der Waals surface area contributed by atoms with Gasteiger partial charge in [-0.1, -0.05) is 0 Å². The van der Waals surface area contributed by atoms with Crippen molar-refractivity contribution in [2.75, 3.05) is 6.67 Å². The van der Waals surface area contributed by atoms with E-state index in [1.165, 1.54) is 5.01 Å². The minimum atomic E-state index is -4.94. The van der Waals surface area contributed by atoms with Crippen LogP contribution in [0.2, 0.25) is 0 Å². The molecule has 0 spiro atoms. The number of ether oxygens (including phenoxy) is 1. The number of rotatable bonds is 4. The summed E-state index contributed by atoms with van der Waals surface area (Å²) in [5, 5.41) is 1.44. The van der Waals surface area contributed by atoms with E-state index in [1.54, 1.807) is 6.08 Å². The summed E-state index contributed by atoms with van der Waals surface area (Å²) in [5.74, 6) is -0.955. The number of hydrazine groups is 1. The third-order valence-electron chi connectivity index (χ3n) is 4.35. The van der Waals surface area contributed by atoms with Crippen LogP contribution in [0, 0.1) is 11.7 Å². The fourth-order valence-electron chi connectivity index (χ4n) is 3.01. The second-order valence-electron chi connectivity index (χ2n) is 6.25. The molecule has 1 aliphatic carbocycles. The molecule has 1 aromatic carbocycles. The van der Waals surface area contributed by atoms with Crippen molar-refractivity contribution in [1.29, 1.82) is 0 Å². The number of nitrogens with one attached hydrogen (secondary N) is 1. The van der Waals surface area contributed by atoms with Crippen LogP contribution < -0.4 is 10.2 Å². The molecule has 0 aromatic heterocycles.